The summed E-state index contributed by atoms with van der Waals surface area (Å²) in [6, 6.07) is 8.35. The average Bonchev–Trinajstić information content (AvgIpc) is 2.56. The van der Waals surface area contributed by atoms with Crippen molar-refractivity contribution in [3.05, 3.63) is 30.1 Å². The van der Waals surface area contributed by atoms with Crippen molar-refractivity contribution in [2.24, 2.45) is 0 Å². The second-order valence-electron chi connectivity index (χ2n) is 3.92. The van der Waals surface area contributed by atoms with Crippen molar-refractivity contribution in [2.75, 3.05) is 13.6 Å². The van der Waals surface area contributed by atoms with Gasteiger partial charge in [0.15, 0.2) is 0 Å². The molecule has 1 aromatic carbocycles. The number of nitrogens with zero attached hydrogens (tertiary/aromatic N) is 3. The maximum absolute atomic E-state index is 4.62. The largest absolute Gasteiger partial charge is 0.314 e. The van der Waals surface area contributed by atoms with Crippen LogP contribution in [0.4, 0.5) is 0 Å². The highest BCUT2D eigenvalue weighted by Gasteiger charge is 2.16. The number of likely N-dealkylation sites (N-methyl/N-ethyl adjacent to an activating group) is 1. The first kappa shape index (κ1) is 8.00. The first-order chi connectivity index (χ1) is 6.84. The number of para-hydroxylation sites is 2. The minimum absolute atomic E-state index is 0.968. The minimum Gasteiger partial charge on any atom is -0.314 e. The normalized spacial score (nSPS) is 17.2. The lowest BCUT2D eigenvalue weighted by Crippen LogP contribution is -2.31. The summed E-state index contributed by atoms with van der Waals surface area (Å²) in [7, 11) is 2.15. The SMILES string of the molecule is CN1CCc2nc3ccccc3n2C1. The summed E-state index contributed by atoms with van der Waals surface area (Å²) < 4.78 is 2.30. The van der Waals surface area contributed by atoms with E-state index in [0.717, 1.165) is 25.2 Å². The molecule has 0 atom stereocenters. The highest BCUT2D eigenvalue weighted by molar-refractivity contribution is 5.75. The third-order valence-electron chi connectivity index (χ3n) is 2.83. The van der Waals surface area contributed by atoms with Gasteiger partial charge in [-0.3, -0.25) is 4.90 Å². The zero-order valence-electron chi connectivity index (χ0n) is 8.27. The summed E-state index contributed by atoms with van der Waals surface area (Å²) in [6.07, 6.45) is 1.06. The lowest BCUT2D eigenvalue weighted by Gasteiger charge is -2.24. The van der Waals surface area contributed by atoms with Crippen LogP contribution in [-0.2, 0) is 13.1 Å². The number of hydrogen-bond acceptors (Lipinski definition) is 2. The maximum atomic E-state index is 4.62. The van der Waals surface area contributed by atoms with Gasteiger partial charge < -0.3 is 4.57 Å². The number of benzene rings is 1. The fraction of sp³-hybridized carbons (Fsp3) is 0.364. The molecule has 3 heteroatoms. The van der Waals surface area contributed by atoms with Crippen molar-refractivity contribution in [1.82, 2.24) is 14.5 Å². The number of rotatable bonds is 0. The van der Waals surface area contributed by atoms with Gasteiger partial charge in [0, 0.05) is 13.0 Å². The molecule has 0 bridgehead atoms. The fourth-order valence-electron chi connectivity index (χ4n) is 2.08. The number of fused-ring (bicyclic) bond motifs is 3. The van der Waals surface area contributed by atoms with E-state index < -0.39 is 0 Å². The molecule has 0 saturated heterocycles. The van der Waals surface area contributed by atoms with Crippen LogP contribution < -0.4 is 0 Å². The molecule has 0 aliphatic carbocycles. The molecular weight excluding hydrogens is 174 g/mol. The van der Waals surface area contributed by atoms with Gasteiger partial charge in [-0.25, -0.2) is 4.98 Å². The molecule has 0 N–H and O–H groups in total. The van der Waals surface area contributed by atoms with E-state index in [1.807, 2.05) is 6.07 Å². The number of aromatic nitrogens is 2. The Labute approximate surface area is 83.0 Å². The molecule has 1 aliphatic heterocycles. The van der Waals surface area contributed by atoms with Gasteiger partial charge in [0.2, 0.25) is 0 Å². The quantitative estimate of drug-likeness (QED) is 0.623. The molecule has 0 radical (unpaired) electrons. The van der Waals surface area contributed by atoms with Crippen molar-refractivity contribution >= 4 is 11.0 Å². The maximum Gasteiger partial charge on any atom is 0.112 e. The van der Waals surface area contributed by atoms with Crippen molar-refractivity contribution in [1.29, 1.82) is 0 Å². The van der Waals surface area contributed by atoms with E-state index in [0.29, 0.717) is 0 Å². The first-order valence-electron chi connectivity index (χ1n) is 4.97. The van der Waals surface area contributed by atoms with Gasteiger partial charge in [-0.05, 0) is 19.2 Å². The van der Waals surface area contributed by atoms with E-state index in [9.17, 15) is 0 Å². The molecule has 0 saturated carbocycles. The molecule has 14 heavy (non-hydrogen) atoms. The van der Waals surface area contributed by atoms with Crippen molar-refractivity contribution in [3.63, 3.8) is 0 Å². The summed E-state index contributed by atoms with van der Waals surface area (Å²) >= 11 is 0. The van der Waals surface area contributed by atoms with Crippen molar-refractivity contribution in [2.45, 2.75) is 13.1 Å². The van der Waals surface area contributed by atoms with Crippen LogP contribution in [0.1, 0.15) is 5.82 Å². The van der Waals surface area contributed by atoms with Crippen molar-refractivity contribution < 1.29 is 0 Å². The Morgan fingerprint density at radius 1 is 1.29 bits per heavy atom. The van der Waals surface area contributed by atoms with E-state index in [4.69, 9.17) is 0 Å². The van der Waals surface area contributed by atoms with E-state index in [1.165, 1.54) is 11.3 Å². The molecule has 0 amide bonds. The second kappa shape index (κ2) is 2.82. The van der Waals surface area contributed by atoms with Crippen LogP contribution in [0.3, 0.4) is 0 Å². The van der Waals surface area contributed by atoms with Crippen LogP contribution in [-0.4, -0.2) is 28.0 Å². The average molecular weight is 187 g/mol. The highest BCUT2D eigenvalue weighted by atomic mass is 15.3. The summed E-state index contributed by atoms with van der Waals surface area (Å²) in [6.45, 7) is 2.08. The molecule has 0 spiro atoms. The van der Waals surface area contributed by atoms with E-state index >= 15 is 0 Å². The van der Waals surface area contributed by atoms with Gasteiger partial charge in [0.1, 0.15) is 5.82 Å². The van der Waals surface area contributed by atoms with Crippen LogP contribution in [0, 0.1) is 0 Å². The van der Waals surface area contributed by atoms with Gasteiger partial charge in [0.05, 0.1) is 17.7 Å². The molecule has 3 nitrogen and oxygen atoms in total. The Morgan fingerprint density at radius 2 is 2.14 bits per heavy atom. The number of hydrogen-bond donors (Lipinski definition) is 0. The van der Waals surface area contributed by atoms with E-state index in [2.05, 4.69) is 39.7 Å². The summed E-state index contributed by atoms with van der Waals surface area (Å²) in [5.74, 6) is 1.23. The third-order valence-corrected chi connectivity index (χ3v) is 2.83. The van der Waals surface area contributed by atoms with Gasteiger partial charge in [0.25, 0.3) is 0 Å². The molecule has 2 heterocycles. The topological polar surface area (TPSA) is 21.1 Å². The molecule has 3 rings (SSSR count). The van der Waals surface area contributed by atoms with Crippen LogP contribution in [0.15, 0.2) is 24.3 Å². The van der Waals surface area contributed by atoms with E-state index in [-0.39, 0.29) is 0 Å². The van der Waals surface area contributed by atoms with Crippen molar-refractivity contribution in [3.8, 4) is 0 Å². The van der Waals surface area contributed by atoms with Gasteiger partial charge >= 0.3 is 0 Å². The molecule has 72 valence electrons. The predicted octanol–water partition coefficient (Wildman–Crippen LogP) is 1.48. The predicted molar refractivity (Wildman–Crippen MR) is 56.1 cm³/mol. The Bertz CT molecular complexity index is 472. The molecule has 0 fully saturated rings. The monoisotopic (exact) mass is 187 g/mol. The van der Waals surface area contributed by atoms with Crippen LogP contribution in [0.2, 0.25) is 0 Å². The van der Waals surface area contributed by atoms with Crippen LogP contribution in [0.5, 0.6) is 0 Å². The molecular formula is C11H13N3. The summed E-state index contributed by atoms with van der Waals surface area (Å²) in [5, 5.41) is 0. The smallest absolute Gasteiger partial charge is 0.112 e. The Balaban J connectivity index is 2.25. The Kier molecular flexibility index (Phi) is 1.61. The second-order valence-corrected chi connectivity index (χ2v) is 3.92. The Hall–Kier alpha value is -1.35. The fourth-order valence-corrected chi connectivity index (χ4v) is 2.08. The zero-order chi connectivity index (χ0) is 9.54. The summed E-state index contributed by atoms with van der Waals surface area (Å²) in [4.78, 5) is 6.94. The van der Waals surface area contributed by atoms with Gasteiger partial charge in [-0.2, -0.15) is 0 Å². The zero-order valence-corrected chi connectivity index (χ0v) is 8.27. The van der Waals surface area contributed by atoms with Crippen LogP contribution in [0.25, 0.3) is 11.0 Å². The molecule has 0 unspecified atom stereocenters. The van der Waals surface area contributed by atoms with Crippen LogP contribution >= 0.6 is 0 Å². The summed E-state index contributed by atoms with van der Waals surface area (Å²) in [5.41, 5.74) is 2.38. The minimum atomic E-state index is 0.968. The Morgan fingerprint density at radius 3 is 3.07 bits per heavy atom. The lowest BCUT2D eigenvalue weighted by molar-refractivity contribution is 0.242. The molecule has 2 aromatic rings. The van der Waals surface area contributed by atoms with Gasteiger partial charge in [-0.15, -0.1) is 0 Å². The van der Waals surface area contributed by atoms with Gasteiger partial charge in [-0.1, -0.05) is 12.1 Å². The standard InChI is InChI=1S/C11H13N3/c1-13-7-6-11-12-9-4-2-3-5-10(9)14(11)8-13/h2-5H,6-8H2,1H3. The molecule has 1 aromatic heterocycles. The third kappa shape index (κ3) is 1.06. The lowest BCUT2D eigenvalue weighted by atomic mass is 10.3. The molecule has 1 aliphatic rings. The first-order valence-corrected chi connectivity index (χ1v) is 4.97. The number of imidazole rings is 1. The van der Waals surface area contributed by atoms with E-state index in [1.54, 1.807) is 0 Å². The highest BCUT2D eigenvalue weighted by Crippen LogP contribution is 2.19.